The molecule has 146 valence electrons. The average Bonchev–Trinajstić information content (AvgIpc) is 2.91. The molecule has 2 heteroatoms. The quantitative estimate of drug-likeness (QED) is 0.299. The maximum Gasteiger partial charge on any atom is 0.244 e. The Bertz CT molecular complexity index is 520. The lowest BCUT2D eigenvalue weighted by atomic mass is 10.1. The second-order valence-electron chi connectivity index (χ2n) is 8.14. The van der Waals surface area contributed by atoms with Crippen LogP contribution in [0.4, 0.5) is 0 Å². The van der Waals surface area contributed by atoms with Crippen molar-refractivity contribution in [2.24, 2.45) is 0 Å². The van der Waals surface area contributed by atoms with E-state index in [1.807, 2.05) is 0 Å². The van der Waals surface area contributed by atoms with Gasteiger partial charge in [-0.15, -0.1) is 0 Å². The molecule has 0 fully saturated rings. The number of amidine groups is 1. The zero-order valence-corrected chi connectivity index (χ0v) is 17.6. The van der Waals surface area contributed by atoms with Crippen molar-refractivity contribution in [1.29, 1.82) is 0 Å². The Morgan fingerprint density at radius 1 is 0.885 bits per heavy atom. The molecule has 1 aromatic carbocycles. The van der Waals surface area contributed by atoms with Crippen LogP contribution >= 0.6 is 0 Å². The molecule has 26 heavy (non-hydrogen) atoms. The Morgan fingerprint density at radius 2 is 1.46 bits per heavy atom. The SMILES string of the molecule is CCCCCCCCCCCCN1C(C)=[N+](Cc2ccccc2)CC1C. The topological polar surface area (TPSA) is 6.25 Å². The summed E-state index contributed by atoms with van der Waals surface area (Å²) in [6.07, 6.45) is 14.2. The minimum Gasteiger partial charge on any atom is -0.260 e. The highest BCUT2D eigenvalue weighted by Gasteiger charge is 2.32. The van der Waals surface area contributed by atoms with Crippen LogP contribution in [-0.4, -0.2) is 34.4 Å². The molecule has 0 saturated heterocycles. The Hall–Kier alpha value is -1.31. The van der Waals surface area contributed by atoms with Gasteiger partial charge in [-0.05, 0) is 25.3 Å². The molecular weight excluding hydrogens is 316 g/mol. The van der Waals surface area contributed by atoms with Gasteiger partial charge in [0.2, 0.25) is 5.84 Å². The normalized spacial score (nSPS) is 17.3. The molecule has 0 aromatic heterocycles. The number of hydrogen-bond donors (Lipinski definition) is 0. The number of nitrogens with zero attached hydrogens (tertiary/aromatic N) is 2. The lowest BCUT2D eigenvalue weighted by Crippen LogP contribution is -2.34. The van der Waals surface area contributed by atoms with E-state index in [0.29, 0.717) is 6.04 Å². The van der Waals surface area contributed by atoms with Gasteiger partial charge in [-0.2, -0.15) is 0 Å². The summed E-state index contributed by atoms with van der Waals surface area (Å²) in [7, 11) is 0. The van der Waals surface area contributed by atoms with Gasteiger partial charge in [-0.25, -0.2) is 0 Å². The van der Waals surface area contributed by atoms with Crippen LogP contribution in [-0.2, 0) is 6.54 Å². The highest BCUT2D eigenvalue weighted by Crippen LogP contribution is 2.16. The molecule has 0 spiro atoms. The van der Waals surface area contributed by atoms with Gasteiger partial charge in [0.05, 0.1) is 6.54 Å². The van der Waals surface area contributed by atoms with Gasteiger partial charge in [0.15, 0.2) is 0 Å². The number of hydrogen-bond acceptors (Lipinski definition) is 1. The molecule has 1 heterocycles. The predicted octanol–water partition coefficient (Wildman–Crippen LogP) is 6.24. The number of rotatable bonds is 13. The van der Waals surface area contributed by atoms with Crippen LogP contribution < -0.4 is 0 Å². The summed E-state index contributed by atoms with van der Waals surface area (Å²) in [6.45, 7) is 10.4. The molecule has 0 radical (unpaired) electrons. The van der Waals surface area contributed by atoms with Crippen molar-refractivity contribution >= 4 is 5.84 Å². The second-order valence-corrected chi connectivity index (χ2v) is 8.14. The molecule has 0 amide bonds. The standard InChI is InChI=1S/C24H41N2/c1-4-5-6-7-8-9-10-11-12-16-19-26-22(2)20-25(23(26)3)21-24-17-14-13-15-18-24/h13-15,17-18,22H,4-12,16,19-21H2,1-3H3/q+1. The van der Waals surface area contributed by atoms with Crippen molar-refractivity contribution in [3.05, 3.63) is 35.9 Å². The minimum atomic E-state index is 0.650. The first-order chi connectivity index (χ1) is 12.7. The van der Waals surface area contributed by atoms with E-state index < -0.39 is 0 Å². The molecule has 1 aliphatic heterocycles. The highest BCUT2D eigenvalue weighted by molar-refractivity contribution is 5.76. The molecule has 0 aliphatic carbocycles. The molecule has 2 rings (SSSR count). The van der Waals surface area contributed by atoms with Gasteiger partial charge in [0, 0.05) is 6.92 Å². The van der Waals surface area contributed by atoms with E-state index in [0.717, 1.165) is 6.54 Å². The third kappa shape index (κ3) is 7.13. The van der Waals surface area contributed by atoms with E-state index in [1.54, 1.807) is 0 Å². The number of unbranched alkanes of at least 4 members (excludes halogenated alkanes) is 9. The molecule has 0 saturated carbocycles. The summed E-state index contributed by atoms with van der Waals surface area (Å²) in [4.78, 5) is 2.63. The van der Waals surface area contributed by atoms with Crippen molar-refractivity contribution in [2.45, 2.75) is 97.6 Å². The molecular formula is C24H41N2+. The van der Waals surface area contributed by atoms with Gasteiger partial charge in [-0.3, -0.25) is 9.48 Å². The fourth-order valence-corrected chi connectivity index (χ4v) is 4.18. The number of benzene rings is 1. The predicted molar refractivity (Wildman–Crippen MR) is 114 cm³/mol. The zero-order valence-electron chi connectivity index (χ0n) is 17.6. The van der Waals surface area contributed by atoms with E-state index in [1.165, 1.54) is 88.7 Å². The van der Waals surface area contributed by atoms with Gasteiger partial charge in [0.25, 0.3) is 0 Å². The van der Waals surface area contributed by atoms with Crippen molar-refractivity contribution in [1.82, 2.24) is 4.90 Å². The Morgan fingerprint density at radius 3 is 2.08 bits per heavy atom. The Kier molecular flexibility index (Phi) is 9.81. The highest BCUT2D eigenvalue weighted by atomic mass is 15.3. The molecule has 1 aromatic rings. The molecule has 1 atom stereocenters. The Labute approximate surface area is 162 Å². The average molecular weight is 358 g/mol. The monoisotopic (exact) mass is 357 g/mol. The van der Waals surface area contributed by atoms with Gasteiger partial charge >= 0.3 is 0 Å². The van der Waals surface area contributed by atoms with E-state index in [-0.39, 0.29) is 0 Å². The van der Waals surface area contributed by atoms with E-state index in [2.05, 4.69) is 60.6 Å². The first-order valence-electron chi connectivity index (χ1n) is 11.1. The summed E-state index contributed by atoms with van der Waals surface area (Å²) < 4.78 is 2.55. The van der Waals surface area contributed by atoms with Crippen LogP contribution in [0.15, 0.2) is 30.3 Å². The van der Waals surface area contributed by atoms with E-state index in [9.17, 15) is 0 Å². The fraction of sp³-hybridized carbons (Fsp3) is 0.708. The van der Waals surface area contributed by atoms with Crippen molar-refractivity contribution in [3.63, 3.8) is 0 Å². The molecule has 2 nitrogen and oxygen atoms in total. The van der Waals surface area contributed by atoms with Gasteiger partial charge in [-0.1, -0.05) is 88.6 Å². The zero-order chi connectivity index (χ0) is 18.6. The lowest BCUT2D eigenvalue weighted by Gasteiger charge is -2.15. The first kappa shape index (κ1) is 21.0. The largest absolute Gasteiger partial charge is 0.260 e. The summed E-state index contributed by atoms with van der Waals surface area (Å²) >= 11 is 0. The van der Waals surface area contributed by atoms with E-state index >= 15 is 0 Å². The van der Waals surface area contributed by atoms with Crippen LogP contribution in [0.5, 0.6) is 0 Å². The lowest BCUT2D eigenvalue weighted by molar-refractivity contribution is -0.537. The van der Waals surface area contributed by atoms with Crippen LogP contribution in [0.1, 0.15) is 90.5 Å². The smallest absolute Gasteiger partial charge is 0.244 e. The second kappa shape index (κ2) is 12.1. The first-order valence-corrected chi connectivity index (χ1v) is 11.1. The van der Waals surface area contributed by atoms with Crippen molar-refractivity contribution in [3.8, 4) is 0 Å². The fourth-order valence-electron chi connectivity index (χ4n) is 4.18. The summed E-state index contributed by atoms with van der Waals surface area (Å²) in [6, 6.07) is 11.5. The third-order valence-corrected chi connectivity index (χ3v) is 5.86. The maximum absolute atomic E-state index is 2.63. The molecule has 1 aliphatic rings. The van der Waals surface area contributed by atoms with Crippen LogP contribution in [0.2, 0.25) is 0 Å². The van der Waals surface area contributed by atoms with E-state index in [4.69, 9.17) is 0 Å². The minimum absolute atomic E-state index is 0.650. The van der Waals surface area contributed by atoms with Crippen molar-refractivity contribution < 1.29 is 4.58 Å². The Balaban J connectivity index is 1.61. The summed E-state index contributed by atoms with van der Waals surface area (Å²) in [5, 5.41) is 0. The molecule has 0 bridgehead atoms. The van der Waals surface area contributed by atoms with Crippen molar-refractivity contribution in [2.75, 3.05) is 13.1 Å². The van der Waals surface area contributed by atoms with Crippen LogP contribution in [0.25, 0.3) is 0 Å². The van der Waals surface area contributed by atoms with Gasteiger partial charge < -0.3 is 0 Å². The maximum atomic E-state index is 2.63. The summed E-state index contributed by atoms with van der Waals surface area (Å²) in [5.74, 6) is 1.47. The summed E-state index contributed by atoms with van der Waals surface area (Å²) in [5.41, 5.74) is 1.42. The third-order valence-electron chi connectivity index (χ3n) is 5.86. The van der Waals surface area contributed by atoms with Gasteiger partial charge in [0.1, 0.15) is 19.1 Å². The van der Waals surface area contributed by atoms with Crippen LogP contribution in [0.3, 0.4) is 0 Å². The molecule has 1 unspecified atom stereocenters. The molecule has 0 N–H and O–H groups in total. The van der Waals surface area contributed by atoms with Crippen LogP contribution in [0, 0.1) is 0 Å².